The van der Waals surface area contributed by atoms with E-state index in [1.54, 1.807) is 11.8 Å². The summed E-state index contributed by atoms with van der Waals surface area (Å²) in [5.74, 6) is 0.835. The number of likely N-dealkylation sites (tertiary alicyclic amines) is 1. The number of nitrogens with zero attached hydrogens (tertiary/aromatic N) is 3. The van der Waals surface area contributed by atoms with Crippen LogP contribution in [-0.4, -0.2) is 79.1 Å². The van der Waals surface area contributed by atoms with Crippen molar-refractivity contribution in [2.75, 3.05) is 52.6 Å². The van der Waals surface area contributed by atoms with Gasteiger partial charge in [-0.05, 0) is 62.7 Å². The largest absolute Gasteiger partial charge is 0.340 e. The van der Waals surface area contributed by atoms with Gasteiger partial charge in [0, 0.05) is 56.1 Å². The predicted octanol–water partition coefficient (Wildman–Crippen LogP) is 2.81. The first kappa shape index (κ1) is 20.2. The highest BCUT2D eigenvalue weighted by Crippen LogP contribution is 2.24. The molecule has 2 aliphatic heterocycles. The second-order valence-electron chi connectivity index (χ2n) is 7.71. The van der Waals surface area contributed by atoms with Crippen LogP contribution in [0.5, 0.6) is 0 Å². The van der Waals surface area contributed by atoms with Crippen molar-refractivity contribution in [2.24, 2.45) is 5.92 Å². The predicted molar refractivity (Wildman–Crippen MR) is 110 cm³/mol. The van der Waals surface area contributed by atoms with Gasteiger partial charge in [-0.25, -0.2) is 0 Å². The number of carbonyl (C=O) groups excluding carboxylic acids is 2. The summed E-state index contributed by atoms with van der Waals surface area (Å²) in [5, 5.41) is 0. The fourth-order valence-electron chi connectivity index (χ4n) is 3.94. The van der Waals surface area contributed by atoms with Crippen molar-refractivity contribution in [3.8, 4) is 0 Å². The third-order valence-corrected chi connectivity index (χ3v) is 6.51. The van der Waals surface area contributed by atoms with Gasteiger partial charge >= 0.3 is 0 Å². The molecule has 0 N–H and O–H groups in total. The smallest absolute Gasteiger partial charge is 0.253 e. The van der Waals surface area contributed by atoms with E-state index in [9.17, 15) is 9.59 Å². The highest BCUT2D eigenvalue weighted by Gasteiger charge is 2.26. The lowest BCUT2D eigenvalue weighted by Crippen LogP contribution is -2.47. The number of thioether (sulfide) groups is 1. The third kappa shape index (κ3) is 5.48. The zero-order chi connectivity index (χ0) is 19.2. The Kier molecular flexibility index (Phi) is 7.19. The van der Waals surface area contributed by atoms with E-state index in [1.165, 1.54) is 4.90 Å². The SMILES string of the molecule is CSc1ccc(C(=O)N2CCC[C@@H](CCC(=O)N3CCN(C)CC3)C2)cc1. The number of amides is 2. The molecule has 1 aromatic carbocycles. The molecule has 0 unspecified atom stereocenters. The molecule has 0 aliphatic carbocycles. The lowest BCUT2D eigenvalue weighted by molar-refractivity contribution is -0.133. The molecule has 0 saturated carbocycles. The molecule has 0 bridgehead atoms. The van der Waals surface area contributed by atoms with E-state index < -0.39 is 0 Å². The lowest BCUT2D eigenvalue weighted by atomic mass is 9.92. The normalized spacial score (nSPS) is 21.3. The van der Waals surface area contributed by atoms with Crippen LogP contribution in [0, 0.1) is 5.92 Å². The van der Waals surface area contributed by atoms with Crippen molar-refractivity contribution >= 4 is 23.6 Å². The van der Waals surface area contributed by atoms with Gasteiger partial charge in [0.25, 0.3) is 5.91 Å². The molecule has 2 fully saturated rings. The summed E-state index contributed by atoms with van der Waals surface area (Å²) in [6.07, 6.45) is 5.68. The highest BCUT2D eigenvalue weighted by molar-refractivity contribution is 7.98. The Morgan fingerprint density at radius 3 is 2.41 bits per heavy atom. The summed E-state index contributed by atoms with van der Waals surface area (Å²) >= 11 is 1.68. The van der Waals surface area contributed by atoms with E-state index in [1.807, 2.05) is 40.3 Å². The zero-order valence-corrected chi connectivity index (χ0v) is 17.3. The Hall–Kier alpha value is -1.53. The van der Waals surface area contributed by atoms with Crippen molar-refractivity contribution in [1.82, 2.24) is 14.7 Å². The van der Waals surface area contributed by atoms with E-state index in [4.69, 9.17) is 0 Å². The quantitative estimate of drug-likeness (QED) is 0.727. The fraction of sp³-hybridized carbons (Fsp3) is 0.619. The van der Waals surface area contributed by atoms with Crippen LogP contribution >= 0.6 is 11.8 Å². The van der Waals surface area contributed by atoms with Crippen LogP contribution in [0.1, 0.15) is 36.0 Å². The van der Waals surface area contributed by atoms with Crippen LogP contribution in [0.15, 0.2) is 29.2 Å². The number of piperazine rings is 1. The van der Waals surface area contributed by atoms with Gasteiger partial charge in [-0.2, -0.15) is 0 Å². The van der Waals surface area contributed by atoms with Crippen molar-refractivity contribution in [3.63, 3.8) is 0 Å². The summed E-state index contributed by atoms with van der Waals surface area (Å²) in [6.45, 7) is 5.22. The van der Waals surface area contributed by atoms with Crippen molar-refractivity contribution in [3.05, 3.63) is 29.8 Å². The number of rotatable bonds is 5. The number of hydrogen-bond donors (Lipinski definition) is 0. The summed E-state index contributed by atoms with van der Waals surface area (Å²) in [5.41, 5.74) is 0.766. The van der Waals surface area contributed by atoms with Gasteiger partial charge in [0.05, 0.1) is 0 Å². The summed E-state index contributed by atoms with van der Waals surface area (Å²) in [7, 11) is 2.10. The first-order valence-corrected chi connectivity index (χ1v) is 11.2. The summed E-state index contributed by atoms with van der Waals surface area (Å²) < 4.78 is 0. The molecule has 5 nitrogen and oxygen atoms in total. The molecule has 0 spiro atoms. The average molecular weight is 390 g/mol. The van der Waals surface area contributed by atoms with Crippen LogP contribution in [0.2, 0.25) is 0 Å². The first-order valence-electron chi connectivity index (χ1n) is 9.96. The Morgan fingerprint density at radius 2 is 1.74 bits per heavy atom. The molecule has 2 heterocycles. The Morgan fingerprint density at radius 1 is 1.04 bits per heavy atom. The number of benzene rings is 1. The molecule has 0 radical (unpaired) electrons. The van der Waals surface area contributed by atoms with E-state index >= 15 is 0 Å². The van der Waals surface area contributed by atoms with Crippen LogP contribution in [0.25, 0.3) is 0 Å². The summed E-state index contributed by atoms with van der Waals surface area (Å²) in [6, 6.07) is 7.87. The van der Waals surface area contributed by atoms with Gasteiger partial charge in [0.1, 0.15) is 0 Å². The molecule has 2 aliphatic rings. The lowest BCUT2D eigenvalue weighted by Gasteiger charge is -2.34. The second kappa shape index (κ2) is 9.60. The molecule has 2 saturated heterocycles. The van der Waals surface area contributed by atoms with E-state index in [-0.39, 0.29) is 11.8 Å². The van der Waals surface area contributed by atoms with Crippen LogP contribution in [0.4, 0.5) is 0 Å². The van der Waals surface area contributed by atoms with Gasteiger partial charge in [-0.3, -0.25) is 9.59 Å². The Labute approximate surface area is 167 Å². The number of hydrogen-bond acceptors (Lipinski definition) is 4. The molecule has 1 aromatic rings. The van der Waals surface area contributed by atoms with Crippen LogP contribution in [-0.2, 0) is 4.79 Å². The standard InChI is InChI=1S/C21H31N3O2S/c1-22-12-14-23(15-13-22)20(25)10-5-17-4-3-11-24(16-17)21(26)18-6-8-19(27-2)9-7-18/h6-9,17H,3-5,10-16H2,1-2H3/t17-/m0/s1. The van der Waals surface area contributed by atoms with Gasteiger partial charge in [0.15, 0.2) is 0 Å². The van der Waals surface area contributed by atoms with Crippen LogP contribution in [0.3, 0.4) is 0 Å². The first-order chi connectivity index (χ1) is 13.1. The minimum absolute atomic E-state index is 0.123. The number of likely N-dealkylation sites (N-methyl/N-ethyl adjacent to an activating group) is 1. The summed E-state index contributed by atoms with van der Waals surface area (Å²) in [4.78, 5) is 32.7. The van der Waals surface area contributed by atoms with Gasteiger partial charge < -0.3 is 14.7 Å². The highest BCUT2D eigenvalue weighted by atomic mass is 32.2. The number of carbonyl (C=O) groups is 2. The third-order valence-electron chi connectivity index (χ3n) is 5.77. The van der Waals surface area contributed by atoms with Gasteiger partial charge in [-0.1, -0.05) is 0 Å². The van der Waals surface area contributed by atoms with E-state index in [0.29, 0.717) is 12.3 Å². The zero-order valence-electron chi connectivity index (χ0n) is 16.5. The maximum Gasteiger partial charge on any atom is 0.253 e. The molecule has 6 heteroatoms. The topological polar surface area (TPSA) is 43.9 Å². The monoisotopic (exact) mass is 389 g/mol. The molecule has 27 heavy (non-hydrogen) atoms. The van der Waals surface area contributed by atoms with Gasteiger partial charge in [0.2, 0.25) is 5.91 Å². The molecule has 148 valence electrons. The molecule has 2 amide bonds. The molecule has 3 rings (SSSR count). The maximum atomic E-state index is 12.8. The fourth-order valence-corrected chi connectivity index (χ4v) is 4.35. The molecular formula is C21H31N3O2S. The number of piperidine rings is 1. The Balaban J connectivity index is 1.48. The molecule has 1 atom stereocenters. The minimum atomic E-state index is 0.123. The van der Waals surface area contributed by atoms with Crippen molar-refractivity contribution < 1.29 is 9.59 Å². The van der Waals surface area contributed by atoms with Gasteiger partial charge in [-0.15, -0.1) is 11.8 Å². The van der Waals surface area contributed by atoms with Crippen molar-refractivity contribution in [2.45, 2.75) is 30.6 Å². The molecule has 0 aromatic heterocycles. The Bertz CT molecular complexity index is 641. The minimum Gasteiger partial charge on any atom is -0.340 e. The van der Waals surface area contributed by atoms with E-state index in [0.717, 1.165) is 64.1 Å². The average Bonchev–Trinajstić information content (AvgIpc) is 2.72. The van der Waals surface area contributed by atoms with Crippen molar-refractivity contribution in [1.29, 1.82) is 0 Å². The maximum absolute atomic E-state index is 12.8. The molecular weight excluding hydrogens is 358 g/mol. The van der Waals surface area contributed by atoms with Crippen LogP contribution < -0.4 is 0 Å². The van der Waals surface area contributed by atoms with E-state index in [2.05, 4.69) is 11.9 Å². The second-order valence-corrected chi connectivity index (χ2v) is 8.59.